The van der Waals surface area contributed by atoms with Crippen LogP contribution in [0.15, 0.2) is 36.4 Å². The van der Waals surface area contributed by atoms with Crippen molar-refractivity contribution in [3.63, 3.8) is 0 Å². The molecule has 182 valence electrons. The van der Waals surface area contributed by atoms with Crippen molar-refractivity contribution >= 4 is 17.3 Å². The van der Waals surface area contributed by atoms with Gasteiger partial charge in [0.25, 0.3) is 0 Å². The second-order valence-corrected chi connectivity index (χ2v) is 10.5. The lowest BCUT2D eigenvalue weighted by atomic mass is 9.90. The van der Waals surface area contributed by atoms with E-state index in [9.17, 15) is 9.18 Å². The van der Waals surface area contributed by atoms with Crippen LogP contribution in [0, 0.1) is 11.7 Å². The minimum Gasteiger partial charge on any atom is -0.489 e. The number of nitrogens with one attached hydrogen (secondary N) is 1. The first-order valence-electron chi connectivity index (χ1n) is 12.3. The van der Waals surface area contributed by atoms with Crippen LogP contribution in [0.3, 0.4) is 0 Å². The number of ether oxygens (including phenoxy) is 2. The van der Waals surface area contributed by atoms with Gasteiger partial charge < -0.3 is 19.7 Å². The standard InChI is InChI=1S/C27H34FN3O3/c1-18(32)34-22-14-23-26-24(15-22)33-17-27(2,3)31(26)25(29-23)16-30-12-10-20(11-13-30)5-4-19-6-8-21(28)9-7-19/h6-9,14-15,20,25,29H,4-5,10-13,16-17H2,1-3H3. The maximum absolute atomic E-state index is 13.1. The molecule has 3 aliphatic heterocycles. The van der Waals surface area contributed by atoms with E-state index in [2.05, 4.69) is 29.0 Å². The van der Waals surface area contributed by atoms with Crippen LogP contribution in [0.5, 0.6) is 11.5 Å². The number of benzene rings is 2. The van der Waals surface area contributed by atoms with Crippen molar-refractivity contribution in [3.05, 3.63) is 47.8 Å². The number of likely N-dealkylation sites (tertiary alicyclic amines) is 1. The summed E-state index contributed by atoms with van der Waals surface area (Å²) in [6.45, 7) is 9.49. The number of hydrogen-bond donors (Lipinski definition) is 1. The number of nitrogens with zero attached hydrogens (tertiary/aromatic N) is 2. The van der Waals surface area contributed by atoms with E-state index in [1.54, 1.807) is 12.1 Å². The topological polar surface area (TPSA) is 54.0 Å². The number of aryl methyl sites for hydroxylation is 1. The number of halogens is 1. The van der Waals surface area contributed by atoms with E-state index in [1.807, 2.05) is 24.3 Å². The molecule has 1 N–H and O–H groups in total. The molecule has 5 rings (SSSR count). The zero-order valence-electron chi connectivity index (χ0n) is 20.3. The molecule has 0 saturated carbocycles. The Bertz CT molecular complexity index is 1050. The third-order valence-electron chi connectivity index (χ3n) is 7.31. The van der Waals surface area contributed by atoms with Crippen LogP contribution < -0.4 is 19.7 Å². The summed E-state index contributed by atoms with van der Waals surface area (Å²) < 4.78 is 24.5. The molecule has 0 aliphatic carbocycles. The Morgan fingerprint density at radius 1 is 1.21 bits per heavy atom. The van der Waals surface area contributed by atoms with Crippen LogP contribution in [0.25, 0.3) is 0 Å². The highest BCUT2D eigenvalue weighted by atomic mass is 19.1. The van der Waals surface area contributed by atoms with Gasteiger partial charge in [-0.25, -0.2) is 4.39 Å². The maximum atomic E-state index is 13.1. The fourth-order valence-electron chi connectivity index (χ4n) is 5.58. The monoisotopic (exact) mass is 467 g/mol. The molecule has 34 heavy (non-hydrogen) atoms. The summed E-state index contributed by atoms with van der Waals surface area (Å²) in [5, 5.41) is 3.68. The molecule has 3 aliphatic rings. The summed E-state index contributed by atoms with van der Waals surface area (Å²) >= 11 is 0. The molecular weight excluding hydrogens is 433 g/mol. The van der Waals surface area contributed by atoms with Gasteiger partial charge in [-0.2, -0.15) is 0 Å². The van der Waals surface area contributed by atoms with Gasteiger partial charge in [0.05, 0.1) is 11.2 Å². The first kappa shape index (κ1) is 23.0. The van der Waals surface area contributed by atoms with Crippen molar-refractivity contribution in [2.24, 2.45) is 5.92 Å². The normalized spacial score (nSPS) is 21.5. The molecule has 2 aromatic rings. The third kappa shape index (κ3) is 4.71. The van der Waals surface area contributed by atoms with Gasteiger partial charge in [-0.15, -0.1) is 0 Å². The van der Waals surface area contributed by atoms with E-state index >= 15 is 0 Å². The molecule has 0 bridgehead atoms. The molecule has 0 radical (unpaired) electrons. The number of rotatable bonds is 6. The number of hydrogen-bond acceptors (Lipinski definition) is 6. The fraction of sp³-hybridized carbons (Fsp3) is 0.519. The summed E-state index contributed by atoms with van der Waals surface area (Å²) in [4.78, 5) is 16.5. The van der Waals surface area contributed by atoms with E-state index in [1.165, 1.54) is 25.3 Å². The Morgan fingerprint density at radius 3 is 2.65 bits per heavy atom. The lowest BCUT2D eigenvalue weighted by molar-refractivity contribution is -0.131. The smallest absolute Gasteiger partial charge is 0.308 e. The highest BCUT2D eigenvalue weighted by Gasteiger charge is 2.45. The summed E-state index contributed by atoms with van der Waals surface area (Å²) in [5.41, 5.74) is 3.09. The molecule has 0 spiro atoms. The second-order valence-electron chi connectivity index (χ2n) is 10.5. The zero-order valence-corrected chi connectivity index (χ0v) is 20.3. The molecule has 1 fully saturated rings. The minimum atomic E-state index is -0.336. The minimum absolute atomic E-state index is 0.135. The van der Waals surface area contributed by atoms with Crippen molar-refractivity contribution in [3.8, 4) is 11.5 Å². The van der Waals surface area contributed by atoms with Crippen molar-refractivity contribution < 1.29 is 18.7 Å². The summed E-state index contributed by atoms with van der Waals surface area (Å²) in [7, 11) is 0. The zero-order chi connectivity index (χ0) is 23.9. The van der Waals surface area contributed by atoms with E-state index < -0.39 is 0 Å². The molecule has 3 heterocycles. The van der Waals surface area contributed by atoms with Crippen LogP contribution in [0.1, 0.15) is 45.6 Å². The average molecular weight is 468 g/mol. The largest absolute Gasteiger partial charge is 0.489 e. The number of carbonyl (C=O) groups is 1. The van der Waals surface area contributed by atoms with Gasteiger partial charge >= 0.3 is 5.97 Å². The van der Waals surface area contributed by atoms with E-state index in [0.717, 1.165) is 49.6 Å². The van der Waals surface area contributed by atoms with Gasteiger partial charge in [0.1, 0.15) is 35.8 Å². The fourth-order valence-corrected chi connectivity index (χ4v) is 5.58. The van der Waals surface area contributed by atoms with Gasteiger partial charge in [0.2, 0.25) is 0 Å². The van der Waals surface area contributed by atoms with Gasteiger partial charge in [-0.3, -0.25) is 9.69 Å². The predicted molar refractivity (Wildman–Crippen MR) is 131 cm³/mol. The predicted octanol–water partition coefficient (Wildman–Crippen LogP) is 4.82. The van der Waals surface area contributed by atoms with Crippen LogP contribution >= 0.6 is 0 Å². The Labute approximate surface area is 201 Å². The van der Waals surface area contributed by atoms with Crippen LogP contribution in [-0.2, 0) is 11.2 Å². The van der Waals surface area contributed by atoms with Crippen molar-refractivity contribution in [2.75, 3.05) is 36.5 Å². The second kappa shape index (κ2) is 9.10. The lowest BCUT2D eigenvalue weighted by Crippen LogP contribution is -2.58. The number of anilines is 2. The Kier molecular flexibility index (Phi) is 6.15. The van der Waals surface area contributed by atoms with E-state index in [-0.39, 0.29) is 23.5 Å². The van der Waals surface area contributed by atoms with Gasteiger partial charge in [0, 0.05) is 25.6 Å². The highest BCUT2D eigenvalue weighted by molar-refractivity contribution is 5.86. The molecule has 0 aromatic heterocycles. The summed E-state index contributed by atoms with van der Waals surface area (Å²) in [6.07, 6.45) is 4.69. The molecule has 1 unspecified atom stereocenters. The van der Waals surface area contributed by atoms with E-state index in [4.69, 9.17) is 9.47 Å². The van der Waals surface area contributed by atoms with Crippen molar-refractivity contribution in [1.29, 1.82) is 0 Å². The number of piperidine rings is 1. The summed E-state index contributed by atoms with van der Waals surface area (Å²) in [5.74, 6) is 1.49. The summed E-state index contributed by atoms with van der Waals surface area (Å²) in [6, 6.07) is 10.6. The van der Waals surface area contributed by atoms with Gasteiger partial charge in [0.15, 0.2) is 0 Å². The Hall–Kier alpha value is -2.80. The van der Waals surface area contributed by atoms with E-state index in [0.29, 0.717) is 18.3 Å². The maximum Gasteiger partial charge on any atom is 0.308 e. The van der Waals surface area contributed by atoms with Gasteiger partial charge in [-0.1, -0.05) is 12.1 Å². The van der Waals surface area contributed by atoms with Crippen molar-refractivity contribution in [1.82, 2.24) is 4.90 Å². The quantitative estimate of drug-likeness (QED) is 0.485. The van der Waals surface area contributed by atoms with Gasteiger partial charge in [-0.05, 0) is 76.2 Å². The molecule has 6 nitrogen and oxygen atoms in total. The molecule has 0 amide bonds. The third-order valence-corrected chi connectivity index (χ3v) is 7.31. The number of carbonyl (C=O) groups excluding carboxylic acids is 1. The average Bonchev–Trinajstić information content (AvgIpc) is 3.16. The molecule has 2 aromatic carbocycles. The first-order valence-corrected chi connectivity index (χ1v) is 12.3. The first-order chi connectivity index (χ1) is 16.3. The Morgan fingerprint density at radius 2 is 1.94 bits per heavy atom. The Balaban J connectivity index is 1.21. The van der Waals surface area contributed by atoms with Crippen LogP contribution in [0.4, 0.5) is 15.8 Å². The highest BCUT2D eigenvalue weighted by Crippen LogP contribution is 2.51. The van der Waals surface area contributed by atoms with Crippen LogP contribution in [-0.4, -0.2) is 48.8 Å². The van der Waals surface area contributed by atoms with Crippen LogP contribution in [0.2, 0.25) is 0 Å². The van der Waals surface area contributed by atoms with Crippen molar-refractivity contribution in [2.45, 2.75) is 58.2 Å². The molecular formula is C27H34FN3O3. The lowest BCUT2D eigenvalue weighted by Gasteiger charge is -2.46. The molecule has 1 atom stereocenters. The SMILES string of the molecule is CC(=O)Oc1cc2c3c(c1)OCC(C)(C)N3C(CN1CCC(CCc3ccc(F)cc3)CC1)N2. The molecule has 7 heteroatoms. The number of esters is 1. The molecule has 1 saturated heterocycles.